The van der Waals surface area contributed by atoms with Crippen molar-refractivity contribution in [1.82, 2.24) is 4.90 Å². The summed E-state index contributed by atoms with van der Waals surface area (Å²) in [6, 6.07) is 3.24. The third kappa shape index (κ3) is 4.81. The van der Waals surface area contributed by atoms with Gasteiger partial charge in [-0.3, -0.25) is 0 Å². The summed E-state index contributed by atoms with van der Waals surface area (Å²) in [5.74, 6) is -1.43. The van der Waals surface area contributed by atoms with Crippen LogP contribution in [-0.4, -0.2) is 53.9 Å². The lowest BCUT2D eigenvalue weighted by Gasteiger charge is -2.21. The van der Waals surface area contributed by atoms with Crippen LogP contribution in [0, 0.1) is 0 Å². The van der Waals surface area contributed by atoms with Gasteiger partial charge in [-0.1, -0.05) is 6.08 Å². The van der Waals surface area contributed by atoms with Gasteiger partial charge in [0.15, 0.2) is 0 Å². The number of aromatic carboxylic acids is 1. The van der Waals surface area contributed by atoms with E-state index in [1.54, 1.807) is 6.08 Å². The third-order valence-electron chi connectivity index (χ3n) is 2.68. The van der Waals surface area contributed by atoms with Crippen LogP contribution in [0.25, 0.3) is 0 Å². The summed E-state index contributed by atoms with van der Waals surface area (Å²) >= 11 is 0. The second-order valence-corrected chi connectivity index (χ2v) is 4.19. The minimum Gasteiger partial charge on any atom is -0.508 e. The first-order chi connectivity index (χ1) is 9.99. The molecule has 0 aromatic heterocycles. The molecule has 0 fully saturated rings. The topological polar surface area (TPSA) is 99.1 Å². The molecular weight excluding hydrogens is 276 g/mol. The molecule has 0 saturated heterocycles. The van der Waals surface area contributed by atoms with Crippen LogP contribution in [-0.2, 0) is 4.74 Å². The summed E-state index contributed by atoms with van der Waals surface area (Å²) in [5, 5.41) is 20.9. The fourth-order valence-corrected chi connectivity index (χ4v) is 1.65. The van der Waals surface area contributed by atoms with Crippen LogP contribution in [0.4, 0.5) is 10.5 Å². The lowest BCUT2D eigenvalue weighted by Crippen LogP contribution is -2.37. The first-order valence-electron chi connectivity index (χ1n) is 6.21. The first kappa shape index (κ1) is 16.5. The normalized spacial score (nSPS) is 9.95. The van der Waals surface area contributed by atoms with Gasteiger partial charge in [-0.25, -0.2) is 9.59 Å². The summed E-state index contributed by atoms with van der Waals surface area (Å²) in [6.07, 6.45) is 1.56. The minimum atomic E-state index is -1.24. The molecule has 0 bridgehead atoms. The Kier molecular flexibility index (Phi) is 6.22. The maximum Gasteiger partial charge on any atom is 0.337 e. The van der Waals surface area contributed by atoms with Crippen molar-refractivity contribution < 1.29 is 24.5 Å². The number of aromatic hydroxyl groups is 1. The number of nitrogens with zero attached hydrogens (tertiary/aromatic N) is 1. The molecule has 0 unspecified atom stereocenters. The molecule has 21 heavy (non-hydrogen) atoms. The van der Waals surface area contributed by atoms with E-state index < -0.39 is 12.0 Å². The fraction of sp³-hybridized carbons (Fsp3) is 0.286. The maximum atomic E-state index is 12.1. The van der Waals surface area contributed by atoms with Gasteiger partial charge in [-0.15, -0.1) is 6.58 Å². The molecule has 3 N–H and O–H groups in total. The number of hydrogen-bond acceptors (Lipinski definition) is 4. The average molecular weight is 294 g/mol. The molecule has 0 aliphatic rings. The van der Waals surface area contributed by atoms with E-state index >= 15 is 0 Å². The molecule has 0 atom stereocenters. The lowest BCUT2D eigenvalue weighted by molar-refractivity contribution is 0.0697. The number of carboxylic acid groups (broad SMARTS) is 1. The predicted octanol–water partition coefficient (Wildman–Crippen LogP) is 1.76. The SMILES string of the molecule is C=CCN(CCOC)C(=O)Nc1ccc(O)cc1C(=O)O. The highest BCUT2D eigenvalue weighted by Gasteiger charge is 2.17. The van der Waals surface area contributed by atoms with Crippen LogP contribution in [0.1, 0.15) is 10.4 Å². The standard InChI is InChI=1S/C14H18N2O5/c1-3-6-16(7-8-21-2)14(20)15-12-5-4-10(17)9-11(12)13(18)19/h3-5,9,17H,1,6-8H2,2H3,(H,15,20)(H,18,19). The van der Waals surface area contributed by atoms with Crippen molar-refractivity contribution in [3.8, 4) is 5.75 Å². The van der Waals surface area contributed by atoms with Crippen LogP contribution in [0.2, 0.25) is 0 Å². The van der Waals surface area contributed by atoms with Gasteiger partial charge in [0, 0.05) is 20.2 Å². The molecule has 0 radical (unpaired) electrons. The highest BCUT2D eigenvalue weighted by Crippen LogP contribution is 2.21. The van der Waals surface area contributed by atoms with Crippen molar-refractivity contribution in [1.29, 1.82) is 0 Å². The van der Waals surface area contributed by atoms with Gasteiger partial charge >= 0.3 is 12.0 Å². The zero-order chi connectivity index (χ0) is 15.8. The number of phenolic OH excluding ortho intramolecular Hbond substituents is 1. The molecule has 7 nitrogen and oxygen atoms in total. The number of carboxylic acids is 1. The Morgan fingerprint density at radius 1 is 1.48 bits per heavy atom. The fourth-order valence-electron chi connectivity index (χ4n) is 1.65. The molecule has 0 spiro atoms. The molecule has 7 heteroatoms. The molecule has 114 valence electrons. The molecule has 1 aromatic carbocycles. The van der Waals surface area contributed by atoms with Gasteiger partial charge in [0.25, 0.3) is 0 Å². The van der Waals surface area contributed by atoms with Crippen molar-refractivity contribution >= 4 is 17.7 Å². The number of phenols is 1. The Balaban J connectivity index is 2.90. The minimum absolute atomic E-state index is 0.108. The van der Waals surface area contributed by atoms with Crippen molar-refractivity contribution in [3.05, 3.63) is 36.4 Å². The number of carbonyl (C=O) groups is 2. The van der Waals surface area contributed by atoms with Gasteiger partial charge < -0.3 is 25.2 Å². The van der Waals surface area contributed by atoms with Gasteiger partial charge in [-0.2, -0.15) is 0 Å². The number of amides is 2. The highest BCUT2D eigenvalue weighted by molar-refractivity contribution is 6.00. The second kappa shape index (κ2) is 7.91. The van der Waals surface area contributed by atoms with E-state index in [9.17, 15) is 14.7 Å². The van der Waals surface area contributed by atoms with Crippen LogP contribution < -0.4 is 5.32 Å². The van der Waals surface area contributed by atoms with E-state index in [1.165, 1.54) is 24.1 Å². The Hall–Kier alpha value is -2.54. The first-order valence-corrected chi connectivity index (χ1v) is 6.21. The Morgan fingerprint density at radius 2 is 2.19 bits per heavy atom. The van der Waals surface area contributed by atoms with E-state index in [0.29, 0.717) is 19.7 Å². The summed E-state index contributed by atoms with van der Waals surface area (Å²) in [7, 11) is 1.52. The molecular formula is C14H18N2O5. The number of rotatable bonds is 7. The maximum absolute atomic E-state index is 12.1. The van der Waals surface area contributed by atoms with Crippen molar-refractivity contribution in [2.24, 2.45) is 0 Å². The van der Waals surface area contributed by atoms with E-state index in [4.69, 9.17) is 9.84 Å². The molecule has 0 saturated carbocycles. The molecule has 2 amide bonds. The second-order valence-electron chi connectivity index (χ2n) is 4.19. The monoisotopic (exact) mass is 294 g/mol. The van der Waals surface area contributed by atoms with E-state index in [0.717, 1.165) is 6.07 Å². The van der Waals surface area contributed by atoms with Gasteiger partial charge in [0.1, 0.15) is 5.75 Å². The Morgan fingerprint density at radius 3 is 2.76 bits per heavy atom. The Bertz CT molecular complexity index is 530. The molecule has 1 aromatic rings. The summed E-state index contributed by atoms with van der Waals surface area (Å²) in [4.78, 5) is 24.7. The number of urea groups is 1. The quantitative estimate of drug-likeness (QED) is 0.525. The molecule has 0 aliphatic carbocycles. The highest BCUT2D eigenvalue weighted by atomic mass is 16.5. The van der Waals surface area contributed by atoms with Crippen molar-refractivity contribution in [3.63, 3.8) is 0 Å². The van der Waals surface area contributed by atoms with Gasteiger partial charge in [0.05, 0.1) is 17.9 Å². The van der Waals surface area contributed by atoms with Crippen molar-refractivity contribution in [2.45, 2.75) is 0 Å². The number of benzene rings is 1. The number of methoxy groups -OCH3 is 1. The number of nitrogens with one attached hydrogen (secondary N) is 1. The average Bonchev–Trinajstić information content (AvgIpc) is 2.45. The number of anilines is 1. The molecule has 0 heterocycles. The van der Waals surface area contributed by atoms with Gasteiger partial charge in [-0.05, 0) is 18.2 Å². The van der Waals surface area contributed by atoms with Gasteiger partial charge in [0.2, 0.25) is 0 Å². The largest absolute Gasteiger partial charge is 0.508 e. The smallest absolute Gasteiger partial charge is 0.337 e. The lowest BCUT2D eigenvalue weighted by atomic mass is 10.1. The van der Waals surface area contributed by atoms with Crippen LogP contribution in [0.15, 0.2) is 30.9 Å². The van der Waals surface area contributed by atoms with E-state index in [1.807, 2.05) is 0 Å². The number of ether oxygens (including phenoxy) is 1. The third-order valence-corrected chi connectivity index (χ3v) is 2.68. The summed E-state index contributed by atoms with van der Waals surface area (Å²) in [5.41, 5.74) is -0.0783. The number of hydrogen-bond donors (Lipinski definition) is 3. The van der Waals surface area contributed by atoms with Crippen LogP contribution in [0.5, 0.6) is 5.75 Å². The number of carbonyl (C=O) groups excluding carboxylic acids is 1. The van der Waals surface area contributed by atoms with Crippen LogP contribution >= 0.6 is 0 Å². The summed E-state index contributed by atoms with van der Waals surface area (Å²) < 4.78 is 4.91. The Labute approximate surface area is 122 Å². The van der Waals surface area contributed by atoms with E-state index in [2.05, 4.69) is 11.9 Å². The molecule has 0 aliphatic heterocycles. The van der Waals surface area contributed by atoms with E-state index in [-0.39, 0.29) is 17.0 Å². The zero-order valence-electron chi connectivity index (χ0n) is 11.7. The zero-order valence-corrected chi connectivity index (χ0v) is 11.7. The molecule has 1 rings (SSSR count). The van der Waals surface area contributed by atoms with Crippen molar-refractivity contribution in [2.75, 3.05) is 32.1 Å². The predicted molar refractivity (Wildman–Crippen MR) is 77.7 cm³/mol. The summed E-state index contributed by atoms with van der Waals surface area (Å²) in [6.45, 7) is 4.56. The van der Waals surface area contributed by atoms with Crippen LogP contribution in [0.3, 0.4) is 0 Å².